The zero-order valence-electron chi connectivity index (χ0n) is 15.1. The van der Waals surface area contributed by atoms with Crippen LogP contribution in [0.4, 0.5) is 0 Å². The largest absolute Gasteiger partial charge is 0.368 e. The van der Waals surface area contributed by atoms with Crippen molar-refractivity contribution in [3.8, 4) is 0 Å². The standard InChI is InChI=1S/C19H26O7/c1-4-10-22-16-15-14(25-19(21-3)17(16)24-12-20-2)11-23-18(26-15)13-8-6-5-7-9-13/h4-9,14-19H,1,10-12H2,2-3H3/t14-,15+,16+,17-,18?,19-/m1/s1. The topological polar surface area (TPSA) is 64.6 Å². The molecule has 0 bridgehead atoms. The molecule has 0 amide bonds. The zero-order valence-corrected chi connectivity index (χ0v) is 15.1. The molecule has 7 nitrogen and oxygen atoms in total. The Morgan fingerprint density at radius 2 is 1.92 bits per heavy atom. The van der Waals surface area contributed by atoms with Crippen LogP contribution < -0.4 is 0 Å². The molecule has 2 aliphatic rings. The summed E-state index contributed by atoms with van der Waals surface area (Å²) in [4.78, 5) is 0. The van der Waals surface area contributed by atoms with Crippen LogP contribution >= 0.6 is 0 Å². The van der Waals surface area contributed by atoms with Gasteiger partial charge in [-0.25, -0.2) is 0 Å². The van der Waals surface area contributed by atoms with Crippen molar-refractivity contribution in [2.45, 2.75) is 37.0 Å². The smallest absolute Gasteiger partial charge is 0.186 e. The second-order valence-electron chi connectivity index (χ2n) is 6.08. The van der Waals surface area contributed by atoms with Gasteiger partial charge in [-0.15, -0.1) is 6.58 Å². The van der Waals surface area contributed by atoms with Crippen LogP contribution in [0.15, 0.2) is 43.0 Å². The van der Waals surface area contributed by atoms with Gasteiger partial charge >= 0.3 is 0 Å². The third-order valence-electron chi connectivity index (χ3n) is 4.37. The summed E-state index contributed by atoms with van der Waals surface area (Å²) in [5.41, 5.74) is 0.941. The molecule has 0 aromatic heterocycles. The van der Waals surface area contributed by atoms with Crippen molar-refractivity contribution in [3.63, 3.8) is 0 Å². The molecule has 0 spiro atoms. The molecule has 2 fully saturated rings. The SMILES string of the molecule is C=CCO[C@H]1[C@H]2OC(c3ccccc3)OC[C@H]2O[C@@H](OC)[C@@H]1OCOC. The van der Waals surface area contributed by atoms with Crippen LogP contribution in [-0.2, 0) is 33.2 Å². The average molecular weight is 366 g/mol. The van der Waals surface area contributed by atoms with Gasteiger partial charge in [0.15, 0.2) is 12.6 Å². The van der Waals surface area contributed by atoms with Gasteiger partial charge in [0.05, 0.1) is 13.2 Å². The van der Waals surface area contributed by atoms with Gasteiger partial charge in [0.25, 0.3) is 0 Å². The molecule has 2 aliphatic heterocycles. The Kier molecular flexibility index (Phi) is 7.15. The minimum atomic E-state index is -0.610. The average Bonchev–Trinajstić information content (AvgIpc) is 2.70. The van der Waals surface area contributed by atoms with Gasteiger partial charge < -0.3 is 33.2 Å². The van der Waals surface area contributed by atoms with Gasteiger partial charge in [-0.1, -0.05) is 36.4 Å². The van der Waals surface area contributed by atoms with E-state index >= 15 is 0 Å². The molecule has 0 aliphatic carbocycles. The van der Waals surface area contributed by atoms with Gasteiger partial charge in [0, 0.05) is 19.8 Å². The van der Waals surface area contributed by atoms with Gasteiger partial charge in [-0.05, 0) is 0 Å². The molecule has 0 N–H and O–H groups in total. The van der Waals surface area contributed by atoms with Crippen molar-refractivity contribution in [3.05, 3.63) is 48.6 Å². The van der Waals surface area contributed by atoms with Crippen LogP contribution in [0.1, 0.15) is 11.9 Å². The Bertz CT molecular complexity index is 552. The highest BCUT2D eigenvalue weighted by Crippen LogP contribution is 2.36. The Hall–Kier alpha value is -1.32. The lowest BCUT2D eigenvalue weighted by molar-refractivity contribution is -0.370. The van der Waals surface area contributed by atoms with E-state index in [2.05, 4.69) is 6.58 Å². The van der Waals surface area contributed by atoms with Crippen LogP contribution in [0, 0.1) is 0 Å². The van der Waals surface area contributed by atoms with E-state index in [9.17, 15) is 0 Å². The summed E-state index contributed by atoms with van der Waals surface area (Å²) in [5, 5.41) is 0. The molecule has 2 saturated heterocycles. The lowest BCUT2D eigenvalue weighted by atomic mass is 9.97. The van der Waals surface area contributed by atoms with E-state index in [0.717, 1.165) is 5.56 Å². The third kappa shape index (κ3) is 4.32. The van der Waals surface area contributed by atoms with Crippen LogP contribution in [0.3, 0.4) is 0 Å². The Morgan fingerprint density at radius 1 is 1.12 bits per heavy atom. The Labute approximate surface area is 153 Å². The molecule has 0 saturated carbocycles. The summed E-state index contributed by atoms with van der Waals surface area (Å²) < 4.78 is 40.3. The van der Waals surface area contributed by atoms with Crippen molar-refractivity contribution in [2.24, 2.45) is 0 Å². The first-order valence-corrected chi connectivity index (χ1v) is 8.61. The first-order valence-electron chi connectivity index (χ1n) is 8.61. The number of fused-ring (bicyclic) bond motifs is 1. The van der Waals surface area contributed by atoms with Crippen LogP contribution in [0.2, 0.25) is 0 Å². The minimum Gasteiger partial charge on any atom is -0.368 e. The minimum absolute atomic E-state index is 0.0951. The fraction of sp³-hybridized carbons (Fsp3) is 0.579. The summed E-state index contributed by atoms with van der Waals surface area (Å²) in [6, 6.07) is 9.77. The van der Waals surface area contributed by atoms with Crippen LogP contribution in [0.5, 0.6) is 0 Å². The number of hydrogen-bond donors (Lipinski definition) is 0. The predicted molar refractivity (Wildman–Crippen MR) is 92.4 cm³/mol. The number of rotatable bonds is 8. The fourth-order valence-electron chi connectivity index (χ4n) is 3.21. The normalized spacial score (nSPS) is 34.2. The molecule has 3 rings (SSSR count). The molecule has 144 valence electrons. The lowest BCUT2D eigenvalue weighted by Crippen LogP contribution is -2.63. The molecule has 1 unspecified atom stereocenters. The summed E-state index contributed by atoms with van der Waals surface area (Å²) in [7, 11) is 3.13. The second kappa shape index (κ2) is 9.57. The molecule has 6 atom stereocenters. The van der Waals surface area contributed by atoms with E-state index in [1.165, 1.54) is 0 Å². The summed E-state index contributed by atoms with van der Waals surface area (Å²) in [6.07, 6.45) is -1.02. The molecule has 7 heteroatoms. The quantitative estimate of drug-likeness (QED) is 0.515. The highest BCUT2D eigenvalue weighted by atomic mass is 16.8. The molecule has 1 aromatic carbocycles. The maximum Gasteiger partial charge on any atom is 0.186 e. The third-order valence-corrected chi connectivity index (χ3v) is 4.37. The zero-order chi connectivity index (χ0) is 18.4. The van der Waals surface area contributed by atoms with Crippen molar-refractivity contribution >= 4 is 0 Å². The summed E-state index contributed by atoms with van der Waals surface area (Å²) in [5.74, 6) is 0. The first kappa shape index (κ1) is 19.4. The number of benzene rings is 1. The highest BCUT2D eigenvalue weighted by Gasteiger charge is 2.51. The van der Waals surface area contributed by atoms with Crippen LogP contribution in [-0.4, -0.2) is 64.9 Å². The second-order valence-corrected chi connectivity index (χ2v) is 6.08. The maximum atomic E-state index is 6.21. The van der Waals surface area contributed by atoms with Gasteiger partial charge in [-0.2, -0.15) is 0 Å². The Balaban J connectivity index is 1.80. The van der Waals surface area contributed by atoms with Crippen molar-refractivity contribution in [2.75, 3.05) is 34.2 Å². The monoisotopic (exact) mass is 366 g/mol. The number of methoxy groups -OCH3 is 2. The van der Waals surface area contributed by atoms with E-state index in [4.69, 9.17) is 33.2 Å². The molecule has 1 aromatic rings. The molecule has 26 heavy (non-hydrogen) atoms. The molecular weight excluding hydrogens is 340 g/mol. The summed E-state index contributed by atoms with van der Waals surface area (Å²) in [6.45, 7) is 4.54. The predicted octanol–water partition coefficient (Wildman–Crippen LogP) is 2.03. The van der Waals surface area contributed by atoms with Gasteiger partial charge in [0.1, 0.15) is 31.2 Å². The fourth-order valence-corrected chi connectivity index (χ4v) is 3.21. The Morgan fingerprint density at radius 3 is 2.62 bits per heavy atom. The van der Waals surface area contributed by atoms with E-state index in [1.807, 2.05) is 30.3 Å². The molecule has 2 heterocycles. The molecule has 0 radical (unpaired) electrons. The molecular formula is C19H26O7. The van der Waals surface area contributed by atoms with Crippen LogP contribution in [0.25, 0.3) is 0 Å². The lowest BCUT2D eigenvalue weighted by Gasteiger charge is -2.48. The van der Waals surface area contributed by atoms with Crippen molar-refractivity contribution < 1.29 is 33.2 Å². The first-order chi connectivity index (χ1) is 12.8. The van der Waals surface area contributed by atoms with E-state index in [-0.39, 0.29) is 19.0 Å². The van der Waals surface area contributed by atoms with Crippen molar-refractivity contribution in [1.82, 2.24) is 0 Å². The number of ether oxygens (including phenoxy) is 7. The summed E-state index contributed by atoms with van der Waals surface area (Å²) >= 11 is 0. The van der Waals surface area contributed by atoms with Crippen molar-refractivity contribution in [1.29, 1.82) is 0 Å². The van der Waals surface area contributed by atoms with E-state index in [1.54, 1.807) is 20.3 Å². The maximum absolute atomic E-state index is 6.21. The van der Waals surface area contributed by atoms with E-state index < -0.39 is 24.8 Å². The van der Waals surface area contributed by atoms with Gasteiger partial charge in [-0.3, -0.25) is 0 Å². The highest BCUT2D eigenvalue weighted by molar-refractivity contribution is 5.16. The van der Waals surface area contributed by atoms with Gasteiger partial charge in [0.2, 0.25) is 0 Å². The number of hydrogen-bond acceptors (Lipinski definition) is 7. The van der Waals surface area contributed by atoms with E-state index in [0.29, 0.717) is 13.2 Å².